The summed E-state index contributed by atoms with van der Waals surface area (Å²) in [6.07, 6.45) is 2.71. The van der Waals surface area contributed by atoms with Gasteiger partial charge in [-0.3, -0.25) is 9.36 Å². The van der Waals surface area contributed by atoms with E-state index < -0.39 is 0 Å². The number of ether oxygens (including phenoxy) is 1. The lowest BCUT2D eigenvalue weighted by atomic mass is 10.2. The molecular weight excluding hydrogens is 262 g/mol. The Labute approximate surface area is 116 Å². The lowest BCUT2D eigenvalue weighted by molar-refractivity contribution is 0.190. The summed E-state index contributed by atoms with van der Waals surface area (Å²) in [5.41, 5.74) is 1.57. The minimum Gasteiger partial charge on any atom is -0.385 e. The van der Waals surface area contributed by atoms with Crippen molar-refractivity contribution in [3.63, 3.8) is 0 Å². The van der Waals surface area contributed by atoms with Gasteiger partial charge in [-0.05, 0) is 25.7 Å². The monoisotopic (exact) mass is 279 g/mol. The molecule has 0 aliphatic carbocycles. The summed E-state index contributed by atoms with van der Waals surface area (Å²) < 4.78 is 6.73. The Balaban J connectivity index is 2.56. The number of rotatable bonds is 5. The summed E-state index contributed by atoms with van der Waals surface area (Å²) in [6, 6.07) is 3.37. The number of methoxy groups -OCH3 is 1. The van der Waals surface area contributed by atoms with Gasteiger partial charge >= 0.3 is 0 Å². The Kier molecular flexibility index (Phi) is 4.55. The van der Waals surface area contributed by atoms with Gasteiger partial charge in [0.2, 0.25) is 0 Å². The maximum atomic E-state index is 12.0. The summed E-state index contributed by atoms with van der Waals surface area (Å²) in [4.78, 5) is 20.9. The summed E-state index contributed by atoms with van der Waals surface area (Å²) in [7, 11) is 1.66. The number of hydrogen-bond donors (Lipinski definition) is 0. The average Bonchev–Trinajstić information content (AvgIpc) is 2.41. The fourth-order valence-corrected chi connectivity index (χ4v) is 2.37. The van der Waals surface area contributed by atoms with Crippen LogP contribution in [0, 0.1) is 6.92 Å². The van der Waals surface area contributed by atoms with Gasteiger partial charge in [0.05, 0.1) is 5.69 Å². The van der Waals surface area contributed by atoms with Gasteiger partial charge in [0, 0.05) is 31.7 Å². The molecule has 2 aromatic heterocycles. The second-order valence-corrected chi connectivity index (χ2v) is 4.98. The summed E-state index contributed by atoms with van der Waals surface area (Å²) >= 11 is 1.48. The van der Waals surface area contributed by atoms with Crippen molar-refractivity contribution >= 4 is 22.8 Å². The van der Waals surface area contributed by atoms with Crippen molar-refractivity contribution in [2.24, 2.45) is 0 Å². The topological polar surface area (TPSA) is 57.0 Å². The minimum absolute atomic E-state index is 0.0336. The molecule has 0 aliphatic rings. The molecule has 0 spiro atoms. The summed E-state index contributed by atoms with van der Waals surface area (Å²) in [6.45, 7) is 3.17. The molecule has 102 valence electrons. The van der Waals surface area contributed by atoms with E-state index in [0.717, 1.165) is 17.5 Å². The van der Waals surface area contributed by atoms with Crippen LogP contribution in [0.25, 0.3) is 11.0 Å². The highest BCUT2D eigenvalue weighted by molar-refractivity contribution is 7.98. The first-order valence-electron chi connectivity index (χ1n) is 6.08. The fourth-order valence-electron chi connectivity index (χ4n) is 1.97. The SMILES string of the molecule is COCCCn1c(=O)ccc2c(C)nc(SC)nc21. The van der Waals surface area contributed by atoms with Gasteiger partial charge in [-0.15, -0.1) is 0 Å². The summed E-state index contributed by atoms with van der Waals surface area (Å²) in [5, 5.41) is 1.62. The van der Waals surface area contributed by atoms with Crippen LogP contribution in [-0.2, 0) is 11.3 Å². The van der Waals surface area contributed by atoms with Gasteiger partial charge in [0.1, 0.15) is 5.65 Å². The van der Waals surface area contributed by atoms with Crippen molar-refractivity contribution in [3.8, 4) is 0 Å². The molecule has 0 N–H and O–H groups in total. The van der Waals surface area contributed by atoms with Crippen LogP contribution in [-0.4, -0.2) is 34.5 Å². The number of aryl methyl sites for hydroxylation is 2. The van der Waals surface area contributed by atoms with Crippen LogP contribution >= 0.6 is 11.8 Å². The highest BCUT2D eigenvalue weighted by atomic mass is 32.2. The van der Waals surface area contributed by atoms with Gasteiger partial charge in [-0.2, -0.15) is 0 Å². The molecule has 2 rings (SSSR count). The third-order valence-electron chi connectivity index (χ3n) is 2.92. The van der Waals surface area contributed by atoms with Crippen LogP contribution in [0.3, 0.4) is 0 Å². The molecule has 19 heavy (non-hydrogen) atoms. The Morgan fingerprint density at radius 1 is 1.37 bits per heavy atom. The molecule has 0 radical (unpaired) electrons. The highest BCUT2D eigenvalue weighted by Gasteiger charge is 2.09. The van der Waals surface area contributed by atoms with Gasteiger partial charge in [-0.1, -0.05) is 11.8 Å². The third kappa shape index (κ3) is 2.96. The molecule has 5 nitrogen and oxygen atoms in total. The van der Waals surface area contributed by atoms with Gasteiger partial charge in [0.15, 0.2) is 5.16 Å². The molecule has 0 fully saturated rings. The summed E-state index contributed by atoms with van der Waals surface area (Å²) in [5.74, 6) is 0. The van der Waals surface area contributed by atoms with E-state index in [2.05, 4.69) is 9.97 Å². The molecule has 0 aromatic carbocycles. The van der Waals surface area contributed by atoms with E-state index in [9.17, 15) is 4.79 Å². The predicted molar refractivity (Wildman–Crippen MR) is 76.8 cm³/mol. The van der Waals surface area contributed by atoms with Crippen LogP contribution in [0.5, 0.6) is 0 Å². The molecule has 2 aromatic rings. The Bertz CT molecular complexity index is 640. The van der Waals surface area contributed by atoms with Crippen LogP contribution < -0.4 is 5.56 Å². The Morgan fingerprint density at radius 2 is 2.16 bits per heavy atom. The number of nitrogens with zero attached hydrogens (tertiary/aromatic N) is 3. The largest absolute Gasteiger partial charge is 0.385 e. The zero-order valence-electron chi connectivity index (χ0n) is 11.3. The number of pyridine rings is 1. The maximum absolute atomic E-state index is 12.0. The number of aromatic nitrogens is 3. The lowest BCUT2D eigenvalue weighted by Crippen LogP contribution is -2.21. The van der Waals surface area contributed by atoms with E-state index in [1.54, 1.807) is 23.8 Å². The van der Waals surface area contributed by atoms with Gasteiger partial charge in [0.25, 0.3) is 5.56 Å². The Morgan fingerprint density at radius 3 is 2.84 bits per heavy atom. The smallest absolute Gasteiger partial charge is 0.252 e. The van der Waals surface area contributed by atoms with Crippen LogP contribution in [0.4, 0.5) is 0 Å². The minimum atomic E-state index is -0.0336. The van der Waals surface area contributed by atoms with Crippen molar-refractivity contribution in [2.45, 2.75) is 25.0 Å². The van der Waals surface area contributed by atoms with Crippen molar-refractivity contribution in [2.75, 3.05) is 20.0 Å². The van der Waals surface area contributed by atoms with Crippen molar-refractivity contribution in [3.05, 3.63) is 28.2 Å². The van der Waals surface area contributed by atoms with E-state index in [1.807, 2.05) is 13.2 Å². The number of fused-ring (bicyclic) bond motifs is 1. The fraction of sp³-hybridized carbons (Fsp3) is 0.462. The van der Waals surface area contributed by atoms with E-state index >= 15 is 0 Å². The van der Waals surface area contributed by atoms with Crippen LogP contribution in [0.15, 0.2) is 22.1 Å². The van der Waals surface area contributed by atoms with E-state index in [0.29, 0.717) is 24.0 Å². The molecule has 0 saturated heterocycles. The standard InChI is InChI=1S/C13H17N3O2S/c1-9-10-5-6-11(17)16(7-4-8-18-2)12(10)15-13(14-9)19-3/h5-6H,4,7-8H2,1-3H3. The van der Waals surface area contributed by atoms with Crippen molar-refractivity contribution in [1.82, 2.24) is 14.5 Å². The molecule has 2 heterocycles. The third-order valence-corrected chi connectivity index (χ3v) is 3.47. The number of thioether (sulfide) groups is 1. The van der Waals surface area contributed by atoms with Crippen molar-refractivity contribution < 1.29 is 4.74 Å². The van der Waals surface area contributed by atoms with E-state index in [-0.39, 0.29) is 5.56 Å². The second-order valence-electron chi connectivity index (χ2n) is 4.20. The van der Waals surface area contributed by atoms with Crippen LogP contribution in [0.2, 0.25) is 0 Å². The molecule has 0 aliphatic heterocycles. The molecule has 0 bridgehead atoms. The predicted octanol–water partition coefficient (Wildman–Crippen LogP) is 1.86. The molecule has 0 amide bonds. The number of hydrogen-bond acceptors (Lipinski definition) is 5. The first-order valence-corrected chi connectivity index (χ1v) is 7.31. The molecule has 0 unspecified atom stereocenters. The average molecular weight is 279 g/mol. The van der Waals surface area contributed by atoms with E-state index in [1.165, 1.54) is 11.8 Å². The first kappa shape index (κ1) is 14.0. The first-order chi connectivity index (χ1) is 9.17. The second kappa shape index (κ2) is 6.16. The van der Waals surface area contributed by atoms with Gasteiger partial charge in [-0.25, -0.2) is 9.97 Å². The maximum Gasteiger partial charge on any atom is 0.252 e. The highest BCUT2D eigenvalue weighted by Crippen LogP contribution is 2.17. The molecule has 6 heteroatoms. The zero-order chi connectivity index (χ0) is 13.8. The molecular formula is C13H17N3O2S. The van der Waals surface area contributed by atoms with Gasteiger partial charge < -0.3 is 4.74 Å². The zero-order valence-corrected chi connectivity index (χ0v) is 12.2. The van der Waals surface area contributed by atoms with Crippen LogP contribution in [0.1, 0.15) is 12.1 Å². The van der Waals surface area contributed by atoms with Crippen molar-refractivity contribution in [1.29, 1.82) is 0 Å². The quantitative estimate of drug-likeness (QED) is 0.475. The normalized spacial score (nSPS) is 11.1. The van der Waals surface area contributed by atoms with E-state index in [4.69, 9.17) is 4.74 Å². The molecule has 0 saturated carbocycles. The Hall–Kier alpha value is -1.40. The lowest BCUT2D eigenvalue weighted by Gasteiger charge is -2.11. The molecule has 0 atom stereocenters.